The predicted octanol–water partition coefficient (Wildman–Crippen LogP) is 5.49. The van der Waals surface area contributed by atoms with Gasteiger partial charge in [0.15, 0.2) is 6.61 Å². The predicted molar refractivity (Wildman–Crippen MR) is 139 cm³/mol. The quantitative estimate of drug-likeness (QED) is 0.474. The van der Waals surface area contributed by atoms with Crippen molar-refractivity contribution in [2.24, 2.45) is 5.92 Å². The van der Waals surface area contributed by atoms with E-state index in [-0.39, 0.29) is 30.3 Å². The van der Waals surface area contributed by atoms with Crippen LogP contribution in [0, 0.1) is 5.92 Å². The molecule has 2 aliphatic rings. The van der Waals surface area contributed by atoms with Crippen LogP contribution >= 0.6 is 11.6 Å². The van der Waals surface area contributed by atoms with E-state index in [1.54, 1.807) is 24.1 Å². The SMILES string of the molecule is CCOC(=O)C1CCN(c2ccc([C@H](C)[C@H](O)c3ccc4c(c3)N(C)C(=O)CO4)c(Cl)c2)CC1.FC(F)F. The average molecular weight is 557 g/mol. The molecule has 2 aliphatic heterocycles. The van der Waals surface area contributed by atoms with Crippen LogP contribution in [0.3, 0.4) is 0 Å². The number of piperidine rings is 1. The largest absolute Gasteiger partial charge is 0.482 e. The number of carbonyl (C=O) groups is 2. The number of nitrogens with zero attached hydrogens (tertiary/aromatic N) is 2. The molecule has 1 amide bonds. The van der Waals surface area contributed by atoms with Crippen molar-refractivity contribution in [3.05, 3.63) is 52.5 Å². The number of aliphatic hydroxyl groups is 1. The molecule has 2 heterocycles. The Morgan fingerprint density at radius 1 is 1.18 bits per heavy atom. The fourth-order valence-electron chi connectivity index (χ4n) is 4.65. The summed E-state index contributed by atoms with van der Waals surface area (Å²) in [6.07, 6.45) is 0.706. The van der Waals surface area contributed by atoms with Gasteiger partial charge in [0.1, 0.15) is 5.75 Å². The summed E-state index contributed by atoms with van der Waals surface area (Å²) in [4.78, 5) is 27.7. The first-order chi connectivity index (χ1) is 18.0. The third-order valence-corrected chi connectivity index (χ3v) is 7.17. The topological polar surface area (TPSA) is 79.3 Å². The van der Waals surface area contributed by atoms with E-state index < -0.39 is 12.8 Å². The zero-order chi connectivity index (χ0) is 28.0. The van der Waals surface area contributed by atoms with Gasteiger partial charge >= 0.3 is 12.6 Å². The zero-order valence-electron chi connectivity index (χ0n) is 21.5. The Labute approximate surface area is 225 Å². The molecule has 1 N–H and O–H groups in total. The molecule has 208 valence electrons. The normalized spacial score (nSPS) is 17.2. The average Bonchev–Trinajstić information content (AvgIpc) is 2.89. The molecule has 38 heavy (non-hydrogen) atoms. The van der Waals surface area contributed by atoms with E-state index in [0.717, 1.165) is 37.2 Å². The van der Waals surface area contributed by atoms with Gasteiger partial charge in [-0.15, -0.1) is 0 Å². The number of aliphatic hydroxyl groups excluding tert-OH is 1. The van der Waals surface area contributed by atoms with Gasteiger partial charge in [0.25, 0.3) is 5.91 Å². The molecular formula is C27H32ClF3N2O5. The number of hydrogen-bond acceptors (Lipinski definition) is 6. The maximum absolute atomic E-state index is 12.0. The number of alkyl halides is 3. The van der Waals surface area contributed by atoms with Gasteiger partial charge in [0.05, 0.1) is 24.3 Å². The molecule has 7 nitrogen and oxygen atoms in total. The second-order valence-corrected chi connectivity index (χ2v) is 9.58. The number of ether oxygens (including phenoxy) is 2. The van der Waals surface area contributed by atoms with Crippen molar-refractivity contribution in [1.29, 1.82) is 0 Å². The fraction of sp³-hybridized carbons (Fsp3) is 0.481. The molecule has 2 aromatic rings. The zero-order valence-corrected chi connectivity index (χ0v) is 22.3. The lowest BCUT2D eigenvalue weighted by atomic mass is 9.90. The molecule has 4 rings (SSSR count). The third-order valence-electron chi connectivity index (χ3n) is 6.84. The summed E-state index contributed by atoms with van der Waals surface area (Å²) >= 11 is 6.67. The number of likely N-dealkylation sites (N-methyl/N-ethyl adjacent to an activating group) is 1. The molecule has 2 atom stereocenters. The van der Waals surface area contributed by atoms with E-state index >= 15 is 0 Å². The summed E-state index contributed by atoms with van der Waals surface area (Å²) in [5, 5.41) is 11.7. The Balaban J connectivity index is 0.000000934. The first-order valence-electron chi connectivity index (χ1n) is 12.4. The van der Waals surface area contributed by atoms with Crippen LogP contribution in [0.5, 0.6) is 5.75 Å². The number of carbonyl (C=O) groups excluding carboxylic acids is 2. The Bertz CT molecular complexity index is 1130. The summed E-state index contributed by atoms with van der Waals surface area (Å²) in [6, 6.07) is 11.3. The highest BCUT2D eigenvalue weighted by Gasteiger charge is 2.28. The Kier molecular flexibility index (Phi) is 10.3. The van der Waals surface area contributed by atoms with Crippen LogP contribution in [-0.2, 0) is 14.3 Å². The van der Waals surface area contributed by atoms with Crippen molar-refractivity contribution in [1.82, 2.24) is 0 Å². The highest BCUT2D eigenvalue weighted by molar-refractivity contribution is 6.31. The molecule has 1 saturated heterocycles. The lowest BCUT2D eigenvalue weighted by Gasteiger charge is -2.33. The molecule has 2 aromatic carbocycles. The van der Waals surface area contributed by atoms with Crippen molar-refractivity contribution in [3.63, 3.8) is 0 Å². The van der Waals surface area contributed by atoms with Gasteiger partial charge in [-0.3, -0.25) is 9.59 Å². The number of hydrogen-bond donors (Lipinski definition) is 1. The maximum Gasteiger partial charge on any atom is 0.379 e. The molecule has 0 spiro atoms. The summed E-state index contributed by atoms with van der Waals surface area (Å²) in [6.45, 7) is 2.05. The highest BCUT2D eigenvalue weighted by atomic mass is 35.5. The van der Waals surface area contributed by atoms with Crippen molar-refractivity contribution in [3.8, 4) is 5.75 Å². The van der Waals surface area contributed by atoms with Gasteiger partial charge in [0, 0.05) is 36.8 Å². The monoisotopic (exact) mass is 556 g/mol. The standard InChI is InChI=1S/C26H31ClN2O5.CHF3/c1-4-33-26(32)17-9-11-29(12-10-17)19-6-7-20(21(27)14-19)16(2)25(31)18-5-8-23-22(13-18)28(3)24(30)15-34-23;2-1(3)4/h5-8,13-14,16-17,25,31H,4,9-12,15H2,1-3H3;1H/t16-,25-;/m0./s1. The first kappa shape index (κ1) is 29.6. The Hall–Kier alpha value is -2.98. The van der Waals surface area contributed by atoms with Crippen molar-refractivity contribution in [2.45, 2.75) is 45.4 Å². The van der Waals surface area contributed by atoms with Gasteiger partial charge in [-0.1, -0.05) is 30.7 Å². The number of esters is 1. The van der Waals surface area contributed by atoms with Gasteiger partial charge in [-0.25, -0.2) is 0 Å². The molecule has 0 aliphatic carbocycles. The number of rotatable bonds is 6. The molecule has 0 bridgehead atoms. The van der Waals surface area contributed by atoms with Gasteiger partial charge in [-0.05, 0) is 55.2 Å². The number of anilines is 2. The molecule has 0 unspecified atom stereocenters. The first-order valence-corrected chi connectivity index (χ1v) is 12.8. The second-order valence-electron chi connectivity index (χ2n) is 9.17. The smallest absolute Gasteiger partial charge is 0.379 e. The fourth-order valence-corrected chi connectivity index (χ4v) is 4.99. The van der Waals surface area contributed by atoms with E-state index in [2.05, 4.69) is 4.90 Å². The van der Waals surface area contributed by atoms with E-state index in [1.165, 1.54) is 0 Å². The molecule has 1 fully saturated rings. The van der Waals surface area contributed by atoms with Crippen LogP contribution in [0.15, 0.2) is 36.4 Å². The van der Waals surface area contributed by atoms with Crippen LogP contribution in [0.4, 0.5) is 24.5 Å². The number of fused-ring (bicyclic) bond motifs is 1. The number of benzene rings is 2. The van der Waals surface area contributed by atoms with Crippen LogP contribution in [0.1, 0.15) is 49.8 Å². The molecule has 11 heteroatoms. The molecular weight excluding hydrogens is 525 g/mol. The molecule has 0 radical (unpaired) electrons. The Morgan fingerprint density at radius 2 is 1.84 bits per heavy atom. The molecule has 0 saturated carbocycles. The highest BCUT2D eigenvalue weighted by Crippen LogP contribution is 2.40. The minimum atomic E-state index is -3.67. The number of halogens is 4. The van der Waals surface area contributed by atoms with E-state index in [0.29, 0.717) is 28.6 Å². The minimum absolute atomic E-state index is 0.0181. The maximum atomic E-state index is 12.0. The lowest BCUT2D eigenvalue weighted by Crippen LogP contribution is -2.37. The van der Waals surface area contributed by atoms with Crippen LogP contribution in [0.2, 0.25) is 5.02 Å². The van der Waals surface area contributed by atoms with Gasteiger partial charge < -0.3 is 24.4 Å². The van der Waals surface area contributed by atoms with Crippen LogP contribution in [0.25, 0.3) is 0 Å². The summed E-state index contributed by atoms with van der Waals surface area (Å²) in [5.74, 6) is 0.0803. The third kappa shape index (κ3) is 7.11. The number of amides is 1. The second kappa shape index (κ2) is 13.2. The van der Waals surface area contributed by atoms with Crippen molar-refractivity contribution >= 4 is 34.9 Å². The van der Waals surface area contributed by atoms with Crippen LogP contribution in [-0.4, -0.2) is 57.0 Å². The van der Waals surface area contributed by atoms with Gasteiger partial charge in [-0.2, -0.15) is 13.2 Å². The molecule has 0 aromatic heterocycles. The van der Waals surface area contributed by atoms with E-state index in [1.807, 2.05) is 38.1 Å². The summed E-state index contributed by atoms with van der Waals surface area (Å²) in [7, 11) is 1.70. The minimum Gasteiger partial charge on any atom is -0.482 e. The lowest BCUT2D eigenvalue weighted by molar-refractivity contribution is -0.148. The summed E-state index contributed by atoms with van der Waals surface area (Å²) in [5.41, 5.74) is 3.19. The van der Waals surface area contributed by atoms with Gasteiger partial charge in [0.2, 0.25) is 0 Å². The van der Waals surface area contributed by atoms with E-state index in [4.69, 9.17) is 21.1 Å². The van der Waals surface area contributed by atoms with E-state index in [9.17, 15) is 27.9 Å². The van der Waals surface area contributed by atoms with Crippen molar-refractivity contribution in [2.75, 3.05) is 43.2 Å². The summed E-state index contributed by atoms with van der Waals surface area (Å²) < 4.78 is 39.6. The van der Waals surface area contributed by atoms with Crippen molar-refractivity contribution < 1.29 is 37.3 Å². The Morgan fingerprint density at radius 3 is 2.45 bits per heavy atom. The van der Waals surface area contributed by atoms with Crippen LogP contribution < -0.4 is 14.5 Å².